The number of aromatic nitrogens is 2. The number of anilines is 2. The third-order valence-corrected chi connectivity index (χ3v) is 8.33. The summed E-state index contributed by atoms with van der Waals surface area (Å²) in [6.07, 6.45) is 6.99. The van der Waals surface area contributed by atoms with Crippen LogP contribution in [0.1, 0.15) is 57.2 Å². The first kappa shape index (κ1) is 24.3. The number of likely N-dealkylation sites (tertiary alicyclic amines) is 1. The molecular formula is C30H39N5O2. The lowest BCUT2D eigenvalue weighted by Crippen LogP contribution is -2.39. The van der Waals surface area contributed by atoms with Crippen molar-refractivity contribution >= 4 is 22.3 Å². The smallest absolute Gasteiger partial charge is 0.318 e. The number of hydrogen-bond acceptors (Lipinski definition) is 7. The third kappa shape index (κ3) is 4.93. The Morgan fingerprint density at radius 2 is 1.81 bits per heavy atom. The minimum Gasteiger partial charge on any atom is -0.508 e. The van der Waals surface area contributed by atoms with Gasteiger partial charge in [0, 0.05) is 54.4 Å². The van der Waals surface area contributed by atoms with Crippen LogP contribution in [-0.2, 0) is 13.0 Å². The van der Waals surface area contributed by atoms with Crippen molar-refractivity contribution in [2.45, 2.75) is 71.0 Å². The van der Waals surface area contributed by atoms with Crippen LogP contribution in [0.4, 0.5) is 11.5 Å². The summed E-state index contributed by atoms with van der Waals surface area (Å²) in [4.78, 5) is 17.3. The number of benzene rings is 2. The molecule has 7 nitrogen and oxygen atoms in total. The molecule has 7 heteroatoms. The van der Waals surface area contributed by atoms with Gasteiger partial charge in [0.15, 0.2) is 0 Å². The van der Waals surface area contributed by atoms with Crippen LogP contribution in [0.25, 0.3) is 10.8 Å². The van der Waals surface area contributed by atoms with Crippen molar-refractivity contribution in [1.29, 1.82) is 0 Å². The van der Waals surface area contributed by atoms with E-state index in [0.29, 0.717) is 37.0 Å². The fraction of sp³-hybridized carbons (Fsp3) is 0.533. The average molecular weight is 502 g/mol. The van der Waals surface area contributed by atoms with E-state index in [4.69, 9.17) is 14.7 Å². The Kier molecular flexibility index (Phi) is 6.80. The molecule has 1 atom stereocenters. The molecule has 0 saturated carbocycles. The standard InChI is InChI=1S/C30H39N5O2/c1-21(2)35-15-8-10-23(35)20-37-30-31-27-19-34(28-18-24(36)17-22-9-4-5-11-25(22)28)16-12-26(27)29(32-30)33-13-6-3-7-14-33/h4-5,9,11,17-18,21,23,36H,3,6-8,10,12-16,19-20H2,1-2H3/t23-/m0/s1. The Balaban J connectivity index is 1.32. The molecule has 6 rings (SSSR count). The molecule has 0 amide bonds. The van der Waals surface area contributed by atoms with Crippen LogP contribution in [0.2, 0.25) is 0 Å². The van der Waals surface area contributed by atoms with Gasteiger partial charge in [-0.25, -0.2) is 0 Å². The lowest BCUT2D eigenvalue weighted by atomic mass is 10.0. The van der Waals surface area contributed by atoms with E-state index < -0.39 is 0 Å². The van der Waals surface area contributed by atoms with Crippen LogP contribution in [0, 0.1) is 0 Å². The molecule has 3 aromatic rings. The van der Waals surface area contributed by atoms with Gasteiger partial charge in [-0.2, -0.15) is 9.97 Å². The number of nitrogens with zero attached hydrogens (tertiary/aromatic N) is 5. The van der Waals surface area contributed by atoms with E-state index in [9.17, 15) is 5.11 Å². The van der Waals surface area contributed by atoms with Crippen LogP contribution >= 0.6 is 0 Å². The molecule has 1 N–H and O–H groups in total. The van der Waals surface area contributed by atoms with E-state index in [1.54, 1.807) is 0 Å². The van der Waals surface area contributed by atoms with Crippen molar-refractivity contribution in [3.05, 3.63) is 47.7 Å². The second-order valence-electron chi connectivity index (χ2n) is 11.1. The monoisotopic (exact) mass is 501 g/mol. The Morgan fingerprint density at radius 1 is 0.973 bits per heavy atom. The molecular weight excluding hydrogens is 462 g/mol. The highest BCUT2D eigenvalue weighted by molar-refractivity contribution is 5.95. The zero-order valence-electron chi connectivity index (χ0n) is 22.2. The molecule has 3 aliphatic heterocycles. The largest absolute Gasteiger partial charge is 0.508 e. The van der Waals surface area contributed by atoms with E-state index >= 15 is 0 Å². The van der Waals surface area contributed by atoms with Gasteiger partial charge in [-0.05, 0) is 70.4 Å². The molecule has 0 aliphatic carbocycles. The normalized spacial score (nSPS) is 20.6. The molecule has 0 radical (unpaired) electrons. The maximum absolute atomic E-state index is 10.4. The Morgan fingerprint density at radius 3 is 2.65 bits per heavy atom. The van der Waals surface area contributed by atoms with Gasteiger partial charge in [0.1, 0.15) is 18.2 Å². The molecule has 1 aromatic heterocycles. The SMILES string of the molecule is CC(C)N1CCC[C@H]1COc1nc2c(c(N3CCCCC3)n1)CCN(c1cc(O)cc3ccccc13)C2. The number of hydrogen-bond donors (Lipinski definition) is 1. The quantitative estimate of drug-likeness (QED) is 0.502. The minimum atomic E-state index is 0.298. The topological polar surface area (TPSA) is 65.0 Å². The lowest BCUT2D eigenvalue weighted by molar-refractivity contribution is 0.138. The Labute approximate surface area is 220 Å². The first-order valence-electron chi connectivity index (χ1n) is 14.1. The van der Waals surface area contributed by atoms with Gasteiger partial charge >= 0.3 is 6.01 Å². The van der Waals surface area contributed by atoms with Crippen molar-refractivity contribution in [3.63, 3.8) is 0 Å². The third-order valence-electron chi connectivity index (χ3n) is 8.33. The molecule has 2 fully saturated rings. The van der Waals surface area contributed by atoms with E-state index in [2.05, 4.69) is 46.7 Å². The fourth-order valence-corrected chi connectivity index (χ4v) is 6.45. The van der Waals surface area contributed by atoms with Gasteiger partial charge in [0.2, 0.25) is 0 Å². The zero-order chi connectivity index (χ0) is 25.4. The number of aromatic hydroxyl groups is 1. The highest BCUT2D eigenvalue weighted by atomic mass is 16.5. The number of fused-ring (bicyclic) bond motifs is 2. The fourth-order valence-electron chi connectivity index (χ4n) is 6.45. The van der Waals surface area contributed by atoms with Crippen molar-refractivity contribution < 1.29 is 9.84 Å². The number of rotatable bonds is 6. The molecule has 3 aliphatic rings. The first-order valence-corrected chi connectivity index (χ1v) is 14.1. The number of piperidine rings is 1. The van der Waals surface area contributed by atoms with Gasteiger partial charge in [-0.1, -0.05) is 24.3 Å². The summed E-state index contributed by atoms with van der Waals surface area (Å²) in [7, 11) is 0. The number of phenols is 1. The van der Waals surface area contributed by atoms with Crippen LogP contribution in [0.3, 0.4) is 0 Å². The van der Waals surface area contributed by atoms with Gasteiger partial charge in [0.25, 0.3) is 0 Å². The van der Waals surface area contributed by atoms with E-state index in [1.807, 2.05) is 18.2 Å². The predicted molar refractivity (Wildman–Crippen MR) is 149 cm³/mol. The minimum absolute atomic E-state index is 0.298. The summed E-state index contributed by atoms with van der Waals surface area (Å²) in [5.74, 6) is 1.37. The van der Waals surface area contributed by atoms with Crippen molar-refractivity contribution in [2.24, 2.45) is 0 Å². The van der Waals surface area contributed by atoms with Crippen molar-refractivity contribution in [3.8, 4) is 11.8 Å². The van der Waals surface area contributed by atoms with Crippen molar-refractivity contribution in [1.82, 2.24) is 14.9 Å². The van der Waals surface area contributed by atoms with E-state index in [0.717, 1.165) is 60.6 Å². The summed E-state index contributed by atoms with van der Waals surface area (Å²) in [6, 6.07) is 13.5. The lowest BCUT2D eigenvalue weighted by Gasteiger charge is -2.35. The summed E-state index contributed by atoms with van der Waals surface area (Å²) >= 11 is 0. The van der Waals surface area contributed by atoms with Crippen LogP contribution in [-0.4, -0.2) is 64.8 Å². The predicted octanol–water partition coefficient (Wildman–Crippen LogP) is 5.14. The summed E-state index contributed by atoms with van der Waals surface area (Å²) in [5.41, 5.74) is 3.37. The Bertz CT molecular complexity index is 1260. The highest BCUT2D eigenvalue weighted by Gasteiger charge is 2.30. The van der Waals surface area contributed by atoms with Gasteiger partial charge in [-0.15, -0.1) is 0 Å². The maximum Gasteiger partial charge on any atom is 0.318 e. The second-order valence-corrected chi connectivity index (χ2v) is 11.1. The molecule has 0 spiro atoms. The van der Waals surface area contributed by atoms with Gasteiger partial charge < -0.3 is 19.6 Å². The molecule has 37 heavy (non-hydrogen) atoms. The van der Waals surface area contributed by atoms with E-state index in [1.165, 1.54) is 37.7 Å². The van der Waals surface area contributed by atoms with Crippen LogP contribution in [0.15, 0.2) is 36.4 Å². The summed E-state index contributed by atoms with van der Waals surface area (Å²) < 4.78 is 6.35. The van der Waals surface area contributed by atoms with Gasteiger partial charge in [0.05, 0.1) is 12.2 Å². The van der Waals surface area contributed by atoms with E-state index in [-0.39, 0.29) is 0 Å². The average Bonchev–Trinajstić information content (AvgIpc) is 3.40. The Hall–Kier alpha value is -3.06. The highest BCUT2D eigenvalue weighted by Crippen LogP contribution is 2.36. The molecule has 2 aromatic carbocycles. The zero-order valence-corrected chi connectivity index (χ0v) is 22.2. The number of ether oxygens (including phenoxy) is 1. The maximum atomic E-state index is 10.4. The summed E-state index contributed by atoms with van der Waals surface area (Å²) in [5, 5.41) is 12.7. The van der Waals surface area contributed by atoms with Crippen LogP contribution < -0.4 is 14.5 Å². The second kappa shape index (κ2) is 10.4. The molecule has 0 bridgehead atoms. The number of phenolic OH excluding ortho intramolecular Hbond substituents is 1. The first-order chi connectivity index (χ1) is 18.1. The molecule has 2 saturated heterocycles. The molecule has 196 valence electrons. The van der Waals surface area contributed by atoms with Crippen molar-refractivity contribution in [2.75, 3.05) is 42.6 Å². The molecule has 0 unspecified atom stereocenters. The molecule has 4 heterocycles. The van der Waals surface area contributed by atoms with Gasteiger partial charge in [-0.3, -0.25) is 4.90 Å². The van der Waals surface area contributed by atoms with Crippen LogP contribution in [0.5, 0.6) is 11.8 Å². The summed E-state index contributed by atoms with van der Waals surface area (Å²) in [6.45, 7) is 9.96.